The van der Waals surface area contributed by atoms with Crippen LogP contribution in [0.3, 0.4) is 0 Å². The summed E-state index contributed by atoms with van der Waals surface area (Å²) in [6.45, 7) is 0. The van der Waals surface area contributed by atoms with Crippen LogP contribution in [0.4, 0.5) is 17.6 Å². The molecule has 0 bridgehead atoms. The first kappa shape index (κ1) is 15.3. The van der Waals surface area contributed by atoms with E-state index in [2.05, 4.69) is 20.3 Å². The Morgan fingerprint density at radius 2 is 2.14 bits per heavy atom. The third kappa shape index (κ3) is 4.45. The number of amides is 1. The van der Waals surface area contributed by atoms with Crippen molar-refractivity contribution in [3.63, 3.8) is 0 Å². The Hall–Kier alpha value is -2.10. The lowest BCUT2D eigenvalue weighted by Crippen LogP contribution is -2.19. The molecule has 1 aromatic rings. The number of nitrogens with one attached hydrogen (secondary N) is 1. The van der Waals surface area contributed by atoms with Crippen molar-refractivity contribution in [1.29, 1.82) is 0 Å². The highest BCUT2D eigenvalue weighted by molar-refractivity contribution is 8.15. The molecule has 1 saturated heterocycles. The van der Waals surface area contributed by atoms with Crippen LogP contribution in [0.2, 0.25) is 0 Å². The summed E-state index contributed by atoms with van der Waals surface area (Å²) in [5.74, 6) is -2.19. The Morgan fingerprint density at radius 1 is 1.38 bits per heavy atom. The molecule has 1 aromatic carbocycles. The smallest absolute Gasteiger partial charge is 0.403 e. The van der Waals surface area contributed by atoms with Gasteiger partial charge in [-0.1, -0.05) is 23.9 Å². The summed E-state index contributed by atoms with van der Waals surface area (Å²) in [7, 11) is 0. The fourth-order valence-corrected chi connectivity index (χ4v) is 1.98. The first-order valence-corrected chi connectivity index (χ1v) is 6.41. The minimum absolute atomic E-state index is 0.206. The molecule has 0 saturated carbocycles. The molecule has 1 aliphatic rings. The van der Waals surface area contributed by atoms with Crippen molar-refractivity contribution >= 4 is 29.1 Å². The summed E-state index contributed by atoms with van der Waals surface area (Å²) in [5.41, 5.74) is -0.226. The average Bonchev–Trinajstić information content (AvgIpc) is 2.78. The zero-order valence-corrected chi connectivity index (χ0v) is 11.0. The number of rotatable bonds is 3. The van der Waals surface area contributed by atoms with Crippen molar-refractivity contribution in [3.8, 4) is 5.75 Å². The highest BCUT2D eigenvalue weighted by Gasteiger charge is 2.32. The number of ether oxygens (including phenoxy) is 1. The standard InChI is InChI=1S/C11H7F4N3O2S/c12-9-6(2-1-3-7(9)20-11(13,14)15)4-16-18-10-17-8(19)5-21-10/h1-4H,5H2,(H,17,18,19). The molecule has 5 nitrogen and oxygen atoms in total. The Bertz CT molecular complexity index is 616. The summed E-state index contributed by atoms with van der Waals surface area (Å²) in [6.07, 6.45) is -4.06. The van der Waals surface area contributed by atoms with Crippen LogP contribution in [0.25, 0.3) is 0 Å². The topological polar surface area (TPSA) is 63.0 Å². The van der Waals surface area contributed by atoms with E-state index in [0.717, 1.165) is 24.0 Å². The molecule has 0 radical (unpaired) electrons. The molecular formula is C11H7F4N3O2S. The zero-order chi connectivity index (χ0) is 15.5. The third-order valence-electron chi connectivity index (χ3n) is 2.15. The van der Waals surface area contributed by atoms with Gasteiger partial charge in [-0.25, -0.2) is 4.39 Å². The SMILES string of the molecule is O=C1CSC(=NN=Cc2cccc(OC(F)(F)F)c2F)N1. The number of carbonyl (C=O) groups excluding carboxylic acids is 1. The van der Waals surface area contributed by atoms with E-state index in [4.69, 9.17) is 0 Å². The van der Waals surface area contributed by atoms with Crippen LogP contribution in [0.5, 0.6) is 5.75 Å². The van der Waals surface area contributed by atoms with Crippen molar-refractivity contribution in [2.45, 2.75) is 6.36 Å². The van der Waals surface area contributed by atoms with E-state index < -0.39 is 17.9 Å². The van der Waals surface area contributed by atoms with Crippen molar-refractivity contribution in [3.05, 3.63) is 29.6 Å². The first-order chi connectivity index (χ1) is 9.85. The number of carbonyl (C=O) groups is 1. The lowest BCUT2D eigenvalue weighted by atomic mass is 10.2. The molecule has 1 fully saturated rings. The number of alkyl halides is 3. The molecule has 0 spiro atoms. The van der Waals surface area contributed by atoms with E-state index in [-0.39, 0.29) is 22.4 Å². The lowest BCUT2D eigenvalue weighted by molar-refractivity contribution is -0.275. The Labute approximate surface area is 120 Å². The van der Waals surface area contributed by atoms with Gasteiger partial charge in [0.15, 0.2) is 16.7 Å². The van der Waals surface area contributed by atoms with Crippen molar-refractivity contribution in [1.82, 2.24) is 5.32 Å². The third-order valence-corrected chi connectivity index (χ3v) is 3.01. The largest absolute Gasteiger partial charge is 0.573 e. The molecule has 0 atom stereocenters. The van der Waals surface area contributed by atoms with Crippen LogP contribution in [-0.2, 0) is 4.79 Å². The van der Waals surface area contributed by atoms with Gasteiger partial charge in [0.05, 0.1) is 12.0 Å². The molecule has 1 amide bonds. The normalized spacial score (nSPS) is 17.5. The van der Waals surface area contributed by atoms with E-state index in [0.29, 0.717) is 0 Å². The van der Waals surface area contributed by atoms with Gasteiger partial charge in [0.1, 0.15) is 0 Å². The van der Waals surface area contributed by atoms with Gasteiger partial charge in [-0.05, 0) is 6.07 Å². The first-order valence-electron chi connectivity index (χ1n) is 5.43. The lowest BCUT2D eigenvalue weighted by Gasteiger charge is -2.10. The van der Waals surface area contributed by atoms with E-state index in [1.807, 2.05) is 0 Å². The second kappa shape index (κ2) is 6.12. The zero-order valence-electron chi connectivity index (χ0n) is 10.1. The van der Waals surface area contributed by atoms with Crippen molar-refractivity contribution < 1.29 is 27.1 Å². The maximum Gasteiger partial charge on any atom is 0.573 e. The van der Waals surface area contributed by atoms with Gasteiger partial charge in [-0.15, -0.1) is 18.3 Å². The van der Waals surface area contributed by atoms with Gasteiger partial charge in [-0.3, -0.25) is 4.79 Å². The van der Waals surface area contributed by atoms with Crippen LogP contribution in [0.15, 0.2) is 28.4 Å². The van der Waals surface area contributed by atoms with Crippen molar-refractivity contribution in [2.24, 2.45) is 10.2 Å². The van der Waals surface area contributed by atoms with Gasteiger partial charge < -0.3 is 10.1 Å². The number of thioether (sulfide) groups is 1. The van der Waals surface area contributed by atoms with E-state index in [9.17, 15) is 22.4 Å². The molecule has 0 unspecified atom stereocenters. The Balaban J connectivity index is 2.13. The highest BCUT2D eigenvalue weighted by atomic mass is 32.2. The van der Waals surface area contributed by atoms with E-state index >= 15 is 0 Å². The van der Waals surface area contributed by atoms with Crippen LogP contribution < -0.4 is 10.1 Å². The molecule has 0 aliphatic carbocycles. The molecule has 2 rings (SSSR count). The minimum Gasteiger partial charge on any atom is -0.403 e. The number of nitrogens with zero attached hydrogens (tertiary/aromatic N) is 2. The molecule has 21 heavy (non-hydrogen) atoms. The fourth-order valence-electron chi connectivity index (χ4n) is 1.35. The number of hydrogen-bond acceptors (Lipinski definition) is 5. The van der Waals surface area contributed by atoms with Gasteiger partial charge in [-0.2, -0.15) is 5.10 Å². The van der Waals surface area contributed by atoms with Crippen LogP contribution >= 0.6 is 11.8 Å². The van der Waals surface area contributed by atoms with Gasteiger partial charge >= 0.3 is 6.36 Å². The molecule has 1 aliphatic heterocycles. The minimum atomic E-state index is -4.98. The van der Waals surface area contributed by atoms with Gasteiger partial charge in [0, 0.05) is 5.56 Å². The van der Waals surface area contributed by atoms with Crippen molar-refractivity contribution in [2.75, 3.05) is 5.75 Å². The quantitative estimate of drug-likeness (QED) is 0.528. The number of amidine groups is 1. The van der Waals surface area contributed by atoms with Gasteiger partial charge in [0.25, 0.3) is 0 Å². The highest BCUT2D eigenvalue weighted by Crippen LogP contribution is 2.26. The Morgan fingerprint density at radius 3 is 2.76 bits per heavy atom. The molecule has 112 valence electrons. The van der Waals surface area contributed by atoms with Gasteiger partial charge in [0.2, 0.25) is 5.91 Å². The predicted molar refractivity (Wildman–Crippen MR) is 68.7 cm³/mol. The van der Waals surface area contributed by atoms with E-state index in [1.165, 1.54) is 12.1 Å². The second-order valence-electron chi connectivity index (χ2n) is 3.69. The maximum absolute atomic E-state index is 13.7. The molecule has 1 heterocycles. The molecular weight excluding hydrogens is 314 g/mol. The number of benzene rings is 1. The molecule has 1 N–H and O–H groups in total. The monoisotopic (exact) mass is 321 g/mol. The summed E-state index contributed by atoms with van der Waals surface area (Å²) >= 11 is 1.11. The summed E-state index contributed by atoms with van der Waals surface area (Å²) in [5, 5.41) is 9.73. The Kier molecular flexibility index (Phi) is 4.46. The van der Waals surface area contributed by atoms with Crippen LogP contribution in [-0.4, -0.2) is 29.4 Å². The fraction of sp³-hybridized carbons (Fsp3) is 0.182. The second-order valence-corrected chi connectivity index (χ2v) is 4.66. The summed E-state index contributed by atoms with van der Waals surface area (Å²) in [4.78, 5) is 10.9. The van der Waals surface area contributed by atoms with Crippen LogP contribution in [0, 0.1) is 5.82 Å². The number of halogens is 4. The maximum atomic E-state index is 13.7. The molecule has 10 heteroatoms. The predicted octanol–water partition coefficient (Wildman–Crippen LogP) is 2.28. The number of hydrogen-bond donors (Lipinski definition) is 1. The van der Waals surface area contributed by atoms with Crippen LogP contribution in [0.1, 0.15) is 5.56 Å². The summed E-state index contributed by atoms with van der Waals surface area (Å²) < 4.78 is 53.4. The van der Waals surface area contributed by atoms with E-state index in [1.54, 1.807) is 0 Å². The summed E-state index contributed by atoms with van der Waals surface area (Å²) in [6, 6.07) is 3.24. The molecule has 0 aromatic heterocycles. The average molecular weight is 321 g/mol.